The molecular weight excluding hydrogens is 705 g/mol. The molecule has 1 aromatic heterocycles. The van der Waals surface area contributed by atoms with Crippen LogP contribution in [0.5, 0.6) is 0 Å². The Morgan fingerprint density at radius 3 is 2.37 bits per heavy atom. The van der Waals surface area contributed by atoms with Gasteiger partial charge in [-0.15, -0.1) is 11.3 Å². The zero-order valence-corrected chi connectivity index (χ0v) is 33.1. The number of β-amino-alcohol motifs (C(OH)–C–C–N with tert-alkyl or cyclic N) is 1. The van der Waals surface area contributed by atoms with Crippen molar-refractivity contribution in [3.63, 3.8) is 0 Å². The van der Waals surface area contributed by atoms with Gasteiger partial charge in [0, 0.05) is 37.4 Å². The van der Waals surface area contributed by atoms with E-state index in [1.165, 1.54) is 4.90 Å². The first-order valence-corrected chi connectivity index (χ1v) is 19.7. The van der Waals surface area contributed by atoms with Crippen LogP contribution < -0.4 is 21.7 Å². The van der Waals surface area contributed by atoms with Crippen LogP contribution in [0.3, 0.4) is 0 Å². The second-order valence-electron chi connectivity index (χ2n) is 15.5. The average Bonchev–Trinajstić information content (AvgIpc) is 3.73. The van der Waals surface area contributed by atoms with Crippen molar-refractivity contribution in [2.75, 3.05) is 11.9 Å². The summed E-state index contributed by atoms with van der Waals surface area (Å²) >= 11 is 1.58. The van der Waals surface area contributed by atoms with Crippen LogP contribution in [0.15, 0.2) is 54.0 Å². The summed E-state index contributed by atoms with van der Waals surface area (Å²) in [6.07, 6.45) is 3.06. The first-order valence-electron chi connectivity index (χ1n) is 18.8. The molecule has 3 aromatic rings. The molecule has 1 fully saturated rings. The smallest absolute Gasteiger partial charge is 0.246 e. The number of hydrogen-bond donors (Lipinski definition) is 5. The fourth-order valence-corrected chi connectivity index (χ4v) is 7.41. The number of benzene rings is 2. The normalized spacial score (nSPS) is 17.4. The van der Waals surface area contributed by atoms with Crippen molar-refractivity contribution in [1.82, 2.24) is 20.5 Å². The van der Waals surface area contributed by atoms with Crippen molar-refractivity contribution >= 4 is 46.6 Å². The van der Waals surface area contributed by atoms with E-state index in [4.69, 9.17) is 5.73 Å². The van der Waals surface area contributed by atoms with Crippen LogP contribution in [0.25, 0.3) is 10.4 Å². The van der Waals surface area contributed by atoms with E-state index in [1.807, 2.05) is 88.7 Å². The number of nitrogens with zero attached hydrogens (tertiary/aromatic N) is 2. The molecule has 1 saturated heterocycles. The van der Waals surface area contributed by atoms with Crippen LogP contribution >= 0.6 is 11.3 Å². The number of aryl methyl sites for hydroxylation is 2. The quantitative estimate of drug-likeness (QED) is 0.114. The van der Waals surface area contributed by atoms with Gasteiger partial charge in [-0.3, -0.25) is 24.0 Å². The SMILES string of the molecule is Cc1ncsc1-c1ccc([C@H](C)NC(=O)[C@@H]2C[C@@H](O)CN2C(=O)[C@@H](NC(=O)CCCCCc2cccc(NC(=O)[C@@H](C)CCC(N)=O)c2)C(C)(C)C)cc1. The summed E-state index contributed by atoms with van der Waals surface area (Å²) in [5.41, 5.74) is 11.0. The third-order valence-electron chi connectivity index (χ3n) is 9.90. The number of anilines is 1. The molecule has 1 aliphatic heterocycles. The van der Waals surface area contributed by atoms with Gasteiger partial charge in [-0.1, -0.05) is 70.5 Å². The van der Waals surface area contributed by atoms with E-state index < -0.39 is 35.4 Å². The number of carbonyl (C=O) groups is 5. The number of nitrogens with one attached hydrogen (secondary N) is 3. The largest absolute Gasteiger partial charge is 0.391 e. The molecule has 6 N–H and O–H groups in total. The number of carbonyl (C=O) groups excluding carboxylic acids is 5. The highest BCUT2D eigenvalue weighted by Crippen LogP contribution is 2.30. The molecule has 54 heavy (non-hydrogen) atoms. The number of aromatic nitrogens is 1. The number of aliphatic hydroxyl groups is 1. The highest BCUT2D eigenvalue weighted by Gasteiger charge is 2.44. The third-order valence-corrected chi connectivity index (χ3v) is 10.9. The predicted octanol–water partition coefficient (Wildman–Crippen LogP) is 5.43. The molecule has 5 amide bonds. The highest BCUT2D eigenvalue weighted by atomic mass is 32.1. The van der Waals surface area contributed by atoms with Gasteiger partial charge in [0.05, 0.1) is 28.2 Å². The standard InChI is InChI=1S/C41H56N6O6S/c1-25(15-20-34(42)49)38(51)45-31-13-10-12-28(21-31)11-8-7-9-14-35(50)46-37(41(4,5)6)40(53)47-23-32(48)22-33(47)39(52)44-26(2)29-16-18-30(19-17-29)36-27(3)43-24-54-36/h10,12-13,16-19,21,24-26,32-33,37,48H,7-9,11,14-15,20,22-23H2,1-6H3,(H2,42,49)(H,44,52)(H,45,51)(H,46,50)/t25-,26-,32+,33-,37+/m0/s1. The van der Waals surface area contributed by atoms with Crippen LogP contribution in [-0.4, -0.2) is 69.3 Å². The van der Waals surface area contributed by atoms with E-state index >= 15 is 0 Å². The Balaban J connectivity index is 1.27. The van der Waals surface area contributed by atoms with E-state index in [2.05, 4.69) is 20.9 Å². The average molecular weight is 761 g/mol. The first kappa shape index (κ1) is 42.1. The van der Waals surface area contributed by atoms with Crippen molar-refractivity contribution in [3.8, 4) is 10.4 Å². The van der Waals surface area contributed by atoms with E-state index in [9.17, 15) is 29.1 Å². The van der Waals surface area contributed by atoms with Crippen LogP contribution in [-0.2, 0) is 30.4 Å². The first-order chi connectivity index (χ1) is 25.5. The van der Waals surface area contributed by atoms with E-state index in [1.54, 1.807) is 18.3 Å². The fraction of sp³-hybridized carbons (Fsp3) is 0.512. The minimum atomic E-state index is -0.887. The molecule has 0 bridgehead atoms. The lowest BCUT2D eigenvalue weighted by atomic mass is 9.85. The number of hydrogen-bond acceptors (Lipinski definition) is 8. The summed E-state index contributed by atoms with van der Waals surface area (Å²) in [4.78, 5) is 71.1. The second kappa shape index (κ2) is 19.1. The highest BCUT2D eigenvalue weighted by molar-refractivity contribution is 7.13. The molecule has 0 unspecified atom stereocenters. The van der Waals surface area contributed by atoms with E-state index in [-0.39, 0.29) is 55.5 Å². The Kier molecular flexibility index (Phi) is 14.9. The second-order valence-corrected chi connectivity index (χ2v) is 16.4. The lowest BCUT2D eigenvalue weighted by molar-refractivity contribution is -0.144. The third kappa shape index (κ3) is 11.9. The van der Waals surface area contributed by atoms with Crippen molar-refractivity contribution in [1.29, 1.82) is 0 Å². The minimum absolute atomic E-state index is 0.00977. The molecule has 12 nitrogen and oxygen atoms in total. The summed E-state index contributed by atoms with van der Waals surface area (Å²) < 4.78 is 0. The maximum Gasteiger partial charge on any atom is 0.246 e. The number of rotatable bonds is 17. The fourth-order valence-electron chi connectivity index (χ4n) is 6.60. The molecule has 0 aliphatic carbocycles. The topological polar surface area (TPSA) is 184 Å². The summed E-state index contributed by atoms with van der Waals surface area (Å²) in [6.45, 7) is 11.2. The monoisotopic (exact) mass is 760 g/mol. The molecule has 292 valence electrons. The van der Waals surface area contributed by atoms with Crippen molar-refractivity contribution in [2.45, 2.75) is 117 Å². The van der Waals surface area contributed by atoms with Crippen molar-refractivity contribution in [2.24, 2.45) is 17.1 Å². The predicted molar refractivity (Wildman–Crippen MR) is 211 cm³/mol. The maximum atomic E-state index is 14.0. The molecule has 2 aromatic carbocycles. The molecule has 5 atom stereocenters. The van der Waals surface area contributed by atoms with Gasteiger partial charge in [0.1, 0.15) is 12.1 Å². The van der Waals surface area contributed by atoms with Gasteiger partial charge in [-0.25, -0.2) is 4.98 Å². The zero-order chi connectivity index (χ0) is 39.6. The molecule has 0 spiro atoms. The number of amides is 5. The van der Waals surface area contributed by atoms with Gasteiger partial charge in [-0.2, -0.15) is 0 Å². The Morgan fingerprint density at radius 2 is 1.72 bits per heavy atom. The molecule has 1 aliphatic rings. The van der Waals surface area contributed by atoms with Gasteiger partial charge in [0.15, 0.2) is 0 Å². The zero-order valence-electron chi connectivity index (χ0n) is 32.3. The van der Waals surface area contributed by atoms with Gasteiger partial charge in [-0.05, 0) is 73.8 Å². The Bertz CT molecular complexity index is 1770. The van der Waals surface area contributed by atoms with Crippen LogP contribution in [0, 0.1) is 18.3 Å². The molecule has 4 rings (SSSR count). The van der Waals surface area contributed by atoms with Crippen LogP contribution in [0.2, 0.25) is 0 Å². The number of aliphatic hydroxyl groups excluding tert-OH is 1. The molecule has 0 saturated carbocycles. The minimum Gasteiger partial charge on any atom is -0.391 e. The van der Waals surface area contributed by atoms with E-state index in [0.29, 0.717) is 18.5 Å². The lowest BCUT2D eigenvalue weighted by Crippen LogP contribution is -2.57. The van der Waals surface area contributed by atoms with Gasteiger partial charge < -0.3 is 31.7 Å². The Morgan fingerprint density at radius 1 is 1.00 bits per heavy atom. The molecule has 2 heterocycles. The van der Waals surface area contributed by atoms with Gasteiger partial charge in [0.2, 0.25) is 29.5 Å². The van der Waals surface area contributed by atoms with Crippen molar-refractivity contribution < 1.29 is 29.1 Å². The Hall–Kier alpha value is -4.62. The van der Waals surface area contributed by atoms with Gasteiger partial charge in [0.25, 0.3) is 0 Å². The summed E-state index contributed by atoms with van der Waals surface area (Å²) in [7, 11) is 0. The number of unbranched alkanes of at least 4 members (excludes halogenated alkanes) is 2. The van der Waals surface area contributed by atoms with Crippen molar-refractivity contribution in [3.05, 3.63) is 70.9 Å². The number of likely N-dealkylation sites (tertiary alicyclic amines) is 1. The number of thiazole rings is 1. The van der Waals surface area contributed by atoms with E-state index in [0.717, 1.165) is 46.5 Å². The number of nitrogens with two attached hydrogens (primary N) is 1. The van der Waals surface area contributed by atoms with Gasteiger partial charge >= 0.3 is 0 Å². The Labute approximate surface area is 322 Å². The molecule has 13 heteroatoms. The van der Waals surface area contributed by atoms with Crippen LogP contribution in [0.1, 0.15) is 102 Å². The summed E-state index contributed by atoms with van der Waals surface area (Å²) in [5.74, 6) is -1.92. The number of primary amides is 1. The maximum absolute atomic E-state index is 14.0. The molecular formula is C41H56N6O6S. The molecule has 0 radical (unpaired) electrons. The van der Waals surface area contributed by atoms with Crippen LogP contribution in [0.4, 0.5) is 5.69 Å². The lowest BCUT2D eigenvalue weighted by Gasteiger charge is -2.35. The summed E-state index contributed by atoms with van der Waals surface area (Å²) in [5, 5.41) is 19.5. The summed E-state index contributed by atoms with van der Waals surface area (Å²) in [6, 6.07) is 13.5.